The SMILES string of the molecule is CC(C)(C)OC(=O)N1CCN(c2cc(F)cnc2-c2cn([C@H]3C[C@H](CN)C3)nc2C2CC2)CC1. The van der Waals surface area contributed by atoms with E-state index in [0.29, 0.717) is 44.1 Å². The van der Waals surface area contributed by atoms with Gasteiger partial charge in [0, 0.05) is 49.9 Å². The minimum atomic E-state index is -0.530. The van der Waals surface area contributed by atoms with Crippen LogP contribution in [0.25, 0.3) is 11.3 Å². The Kier molecular flexibility index (Phi) is 6.00. The fourth-order valence-electron chi connectivity index (χ4n) is 4.88. The maximum atomic E-state index is 14.4. The number of pyridine rings is 1. The van der Waals surface area contributed by atoms with Crippen LogP contribution in [-0.2, 0) is 4.74 Å². The molecule has 2 aliphatic carbocycles. The first-order valence-corrected chi connectivity index (χ1v) is 12.4. The Morgan fingerprint density at radius 2 is 1.91 bits per heavy atom. The summed E-state index contributed by atoms with van der Waals surface area (Å²) in [5, 5.41) is 4.97. The van der Waals surface area contributed by atoms with Crippen LogP contribution in [0, 0.1) is 11.7 Å². The zero-order chi connectivity index (χ0) is 24.0. The Morgan fingerprint density at radius 3 is 2.53 bits per heavy atom. The number of hydrogen-bond acceptors (Lipinski definition) is 6. The average Bonchev–Trinajstić information content (AvgIpc) is 3.51. The summed E-state index contributed by atoms with van der Waals surface area (Å²) in [5.41, 5.74) is 8.90. The molecular weight excluding hydrogens is 435 g/mol. The van der Waals surface area contributed by atoms with E-state index in [1.54, 1.807) is 11.0 Å². The number of piperazine rings is 1. The number of amides is 1. The van der Waals surface area contributed by atoms with Crippen molar-refractivity contribution in [1.29, 1.82) is 0 Å². The highest BCUT2D eigenvalue weighted by molar-refractivity contribution is 5.77. The lowest BCUT2D eigenvalue weighted by Crippen LogP contribution is -2.50. The van der Waals surface area contributed by atoms with Gasteiger partial charge in [-0.2, -0.15) is 5.10 Å². The Balaban J connectivity index is 1.38. The molecule has 2 aromatic rings. The number of carbonyl (C=O) groups excluding carboxylic acids is 1. The first-order valence-electron chi connectivity index (χ1n) is 12.4. The first-order chi connectivity index (χ1) is 16.2. The summed E-state index contributed by atoms with van der Waals surface area (Å²) < 4.78 is 22.0. The number of ether oxygens (including phenoxy) is 1. The molecule has 1 saturated heterocycles. The molecule has 0 radical (unpaired) electrons. The van der Waals surface area contributed by atoms with Gasteiger partial charge in [-0.1, -0.05) is 0 Å². The number of nitrogens with zero attached hydrogens (tertiary/aromatic N) is 5. The molecule has 9 heteroatoms. The third kappa shape index (κ3) is 4.76. The number of anilines is 1. The monoisotopic (exact) mass is 470 g/mol. The summed E-state index contributed by atoms with van der Waals surface area (Å²) in [5.74, 6) is 0.659. The number of halogens is 1. The van der Waals surface area contributed by atoms with Crippen LogP contribution in [0.2, 0.25) is 0 Å². The van der Waals surface area contributed by atoms with Crippen molar-refractivity contribution in [2.45, 2.75) is 64.0 Å². The second-order valence-corrected chi connectivity index (χ2v) is 10.9. The third-order valence-electron chi connectivity index (χ3n) is 7.00. The summed E-state index contributed by atoms with van der Waals surface area (Å²) in [6.45, 7) is 8.52. The largest absolute Gasteiger partial charge is 0.444 e. The quantitative estimate of drug-likeness (QED) is 0.712. The predicted molar refractivity (Wildman–Crippen MR) is 128 cm³/mol. The molecule has 3 heterocycles. The fourth-order valence-corrected chi connectivity index (χ4v) is 4.88. The second-order valence-electron chi connectivity index (χ2n) is 10.9. The molecule has 2 saturated carbocycles. The molecule has 0 unspecified atom stereocenters. The van der Waals surface area contributed by atoms with Crippen LogP contribution in [0.1, 0.15) is 64.1 Å². The molecule has 3 fully saturated rings. The molecule has 3 aliphatic rings. The lowest BCUT2D eigenvalue weighted by atomic mass is 9.80. The molecule has 184 valence electrons. The summed E-state index contributed by atoms with van der Waals surface area (Å²) in [6.07, 6.45) is 7.45. The van der Waals surface area contributed by atoms with E-state index in [4.69, 9.17) is 15.6 Å². The Hall–Kier alpha value is -2.68. The predicted octanol–water partition coefficient (Wildman–Crippen LogP) is 3.93. The molecule has 0 bridgehead atoms. The number of rotatable bonds is 5. The van der Waals surface area contributed by atoms with Crippen molar-refractivity contribution >= 4 is 11.8 Å². The van der Waals surface area contributed by atoms with E-state index >= 15 is 0 Å². The van der Waals surface area contributed by atoms with E-state index in [0.717, 1.165) is 54.9 Å². The van der Waals surface area contributed by atoms with Crippen molar-refractivity contribution in [2.24, 2.45) is 11.7 Å². The summed E-state index contributed by atoms with van der Waals surface area (Å²) in [4.78, 5) is 20.8. The number of hydrogen-bond donors (Lipinski definition) is 1. The van der Waals surface area contributed by atoms with Crippen molar-refractivity contribution in [1.82, 2.24) is 19.7 Å². The van der Waals surface area contributed by atoms with Gasteiger partial charge < -0.3 is 20.3 Å². The standard InChI is InChI=1S/C25H35FN6O2/c1-25(2,3)34-24(33)31-8-6-30(7-9-31)21-12-18(26)14-28-23(21)20-15-32(19-10-16(11-19)13-27)29-22(20)17-4-5-17/h12,14-17,19H,4-11,13,27H2,1-3H3/t16-,19-. The van der Waals surface area contributed by atoms with Crippen LogP contribution in [0.15, 0.2) is 18.5 Å². The minimum Gasteiger partial charge on any atom is -0.444 e. The van der Waals surface area contributed by atoms with Crippen molar-refractivity contribution < 1.29 is 13.9 Å². The van der Waals surface area contributed by atoms with E-state index < -0.39 is 5.60 Å². The summed E-state index contributed by atoms with van der Waals surface area (Å²) in [6, 6.07) is 1.94. The van der Waals surface area contributed by atoms with E-state index in [1.807, 2.05) is 20.8 Å². The van der Waals surface area contributed by atoms with Crippen LogP contribution >= 0.6 is 0 Å². The van der Waals surface area contributed by atoms with Gasteiger partial charge in [0.05, 0.1) is 29.3 Å². The highest BCUT2D eigenvalue weighted by Gasteiger charge is 2.36. The van der Waals surface area contributed by atoms with Crippen molar-refractivity contribution in [2.75, 3.05) is 37.6 Å². The molecule has 1 amide bonds. The highest BCUT2D eigenvalue weighted by atomic mass is 19.1. The molecule has 1 aliphatic heterocycles. The summed E-state index contributed by atoms with van der Waals surface area (Å²) >= 11 is 0. The maximum Gasteiger partial charge on any atom is 0.410 e. The van der Waals surface area contributed by atoms with Crippen LogP contribution in [0.4, 0.5) is 14.9 Å². The fraction of sp³-hybridized carbons (Fsp3) is 0.640. The first kappa shape index (κ1) is 23.1. The smallest absolute Gasteiger partial charge is 0.410 e. The van der Waals surface area contributed by atoms with Gasteiger partial charge in [-0.3, -0.25) is 9.67 Å². The normalized spacial score (nSPS) is 23.1. The van der Waals surface area contributed by atoms with Gasteiger partial charge >= 0.3 is 6.09 Å². The molecule has 2 aromatic heterocycles. The zero-order valence-corrected chi connectivity index (χ0v) is 20.3. The summed E-state index contributed by atoms with van der Waals surface area (Å²) in [7, 11) is 0. The molecule has 0 aromatic carbocycles. The van der Waals surface area contributed by atoms with Crippen LogP contribution in [0.3, 0.4) is 0 Å². The Labute approximate surface area is 200 Å². The zero-order valence-electron chi connectivity index (χ0n) is 20.3. The number of carbonyl (C=O) groups is 1. The van der Waals surface area contributed by atoms with Gasteiger partial charge in [-0.15, -0.1) is 0 Å². The lowest BCUT2D eigenvalue weighted by molar-refractivity contribution is 0.0240. The molecule has 5 rings (SSSR count). The van der Waals surface area contributed by atoms with Crippen LogP contribution in [0.5, 0.6) is 0 Å². The molecule has 8 nitrogen and oxygen atoms in total. The van der Waals surface area contributed by atoms with Crippen molar-refractivity contribution in [3.8, 4) is 11.3 Å². The van der Waals surface area contributed by atoms with E-state index in [2.05, 4.69) is 20.8 Å². The minimum absolute atomic E-state index is 0.307. The molecule has 0 atom stereocenters. The molecule has 0 spiro atoms. The Morgan fingerprint density at radius 1 is 1.21 bits per heavy atom. The van der Waals surface area contributed by atoms with Gasteiger partial charge in [-0.25, -0.2) is 9.18 Å². The van der Waals surface area contributed by atoms with Crippen LogP contribution in [-0.4, -0.2) is 64.1 Å². The van der Waals surface area contributed by atoms with Crippen LogP contribution < -0.4 is 10.6 Å². The van der Waals surface area contributed by atoms with Gasteiger partial charge in [0.2, 0.25) is 0 Å². The average molecular weight is 471 g/mol. The van der Waals surface area contributed by atoms with Gasteiger partial charge in [0.1, 0.15) is 11.4 Å². The molecule has 34 heavy (non-hydrogen) atoms. The van der Waals surface area contributed by atoms with Gasteiger partial charge in [0.15, 0.2) is 0 Å². The Bertz CT molecular complexity index is 1050. The number of nitrogens with two attached hydrogens (primary N) is 1. The van der Waals surface area contributed by atoms with Gasteiger partial charge in [-0.05, 0) is 58.9 Å². The topological polar surface area (TPSA) is 89.5 Å². The molecule has 2 N–H and O–H groups in total. The third-order valence-corrected chi connectivity index (χ3v) is 7.00. The van der Waals surface area contributed by atoms with Gasteiger partial charge in [0.25, 0.3) is 0 Å². The van der Waals surface area contributed by atoms with Crippen molar-refractivity contribution in [3.63, 3.8) is 0 Å². The lowest BCUT2D eigenvalue weighted by Gasteiger charge is -2.37. The van der Waals surface area contributed by atoms with Crippen molar-refractivity contribution in [3.05, 3.63) is 30.0 Å². The maximum absolute atomic E-state index is 14.4. The molecular formula is C25H35FN6O2. The van der Waals surface area contributed by atoms with E-state index in [9.17, 15) is 9.18 Å². The number of aromatic nitrogens is 3. The van der Waals surface area contributed by atoms with E-state index in [-0.39, 0.29) is 11.9 Å². The highest BCUT2D eigenvalue weighted by Crippen LogP contribution is 2.46. The second kappa shape index (κ2) is 8.83. The van der Waals surface area contributed by atoms with E-state index in [1.165, 1.54) is 6.20 Å².